The molecule has 2 N–H and O–H groups in total. The lowest BCUT2D eigenvalue weighted by Crippen LogP contribution is -2.40. The number of rotatable bonds is 3. The monoisotopic (exact) mass is 426 g/mol. The van der Waals surface area contributed by atoms with E-state index in [0.717, 1.165) is 48.2 Å². The highest BCUT2D eigenvalue weighted by molar-refractivity contribution is 8.23. The van der Waals surface area contributed by atoms with Crippen LogP contribution in [0.2, 0.25) is 0 Å². The Labute approximate surface area is 177 Å². The Balaban J connectivity index is 1.63. The molecule has 1 aromatic carbocycles. The first-order valence-corrected chi connectivity index (χ1v) is 11.7. The van der Waals surface area contributed by atoms with E-state index >= 15 is 0 Å². The molecule has 2 unspecified atom stereocenters. The number of aryl methyl sites for hydroxylation is 2. The molecule has 0 radical (unpaired) electrons. The molecule has 158 valence electrons. The average Bonchev–Trinajstić information content (AvgIpc) is 3.13. The zero-order valence-corrected chi connectivity index (χ0v) is 18.2. The molecule has 2 bridgehead atoms. The number of benzene rings is 1. The van der Waals surface area contributed by atoms with Crippen LogP contribution in [-0.2, 0) is 0 Å². The van der Waals surface area contributed by atoms with Crippen LogP contribution in [0.5, 0.6) is 0 Å². The minimum atomic E-state index is -3.38. The molecule has 8 heteroatoms. The third kappa shape index (κ3) is 3.24. The second-order valence-corrected chi connectivity index (χ2v) is 10.0. The van der Waals surface area contributed by atoms with Crippen molar-refractivity contribution in [2.75, 3.05) is 7.05 Å². The van der Waals surface area contributed by atoms with Gasteiger partial charge in [-0.3, -0.25) is 19.0 Å². The van der Waals surface area contributed by atoms with Crippen LogP contribution in [0.25, 0.3) is 22.0 Å². The van der Waals surface area contributed by atoms with Crippen LogP contribution in [0.3, 0.4) is 0 Å². The molecule has 2 aliphatic heterocycles. The van der Waals surface area contributed by atoms with E-state index in [0.29, 0.717) is 33.6 Å². The van der Waals surface area contributed by atoms with E-state index in [2.05, 4.69) is 26.5 Å². The molecule has 2 atom stereocenters. The molecule has 0 saturated carbocycles. The standard InChI is InChI=1S/C22H26N4O3S/c1-13-22(14(2)29-24-13)15-9-20-19(5-4-8-23-20)21(10-15)30(27,28)25-16-11-17-6-7-18(12-16)26(17)3/h4-5,8-10,17-18,27-28H,6-7,11-12H2,1-3H3. The van der Waals surface area contributed by atoms with Crippen molar-refractivity contribution in [1.82, 2.24) is 15.0 Å². The van der Waals surface area contributed by atoms with Gasteiger partial charge in [-0.15, -0.1) is 0 Å². The van der Waals surface area contributed by atoms with Gasteiger partial charge in [0.25, 0.3) is 0 Å². The van der Waals surface area contributed by atoms with Gasteiger partial charge in [-0.2, -0.15) is 4.40 Å². The minimum Gasteiger partial charge on any atom is -0.361 e. The molecule has 4 heterocycles. The Morgan fingerprint density at radius 3 is 2.57 bits per heavy atom. The average molecular weight is 427 g/mol. The van der Waals surface area contributed by atoms with Crippen molar-refractivity contribution >= 4 is 27.4 Å². The maximum absolute atomic E-state index is 11.2. The number of nitrogens with zero attached hydrogens (tertiary/aromatic N) is 4. The van der Waals surface area contributed by atoms with Crippen molar-refractivity contribution in [2.45, 2.75) is 56.5 Å². The summed E-state index contributed by atoms with van der Waals surface area (Å²) < 4.78 is 32.3. The summed E-state index contributed by atoms with van der Waals surface area (Å²) in [5.41, 5.74) is 4.00. The van der Waals surface area contributed by atoms with Crippen molar-refractivity contribution in [2.24, 2.45) is 4.40 Å². The van der Waals surface area contributed by atoms with E-state index in [9.17, 15) is 9.11 Å². The van der Waals surface area contributed by atoms with Gasteiger partial charge in [0.1, 0.15) is 5.76 Å². The fourth-order valence-electron chi connectivity index (χ4n) is 4.93. The predicted molar refractivity (Wildman–Crippen MR) is 119 cm³/mol. The van der Waals surface area contributed by atoms with E-state index in [1.165, 1.54) is 0 Å². The molecule has 3 aromatic rings. The van der Waals surface area contributed by atoms with E-state index in [4.69, 9.17) is 4.52 Å². The molecular weight excluding hydrogens is 400 g/mol. The highest BCUT2D eigenvalue weighted by atomic mass is 32.3. The maximum atomic E-state index is 11.2. The van der Waals surface area contributed by atoms with Gasteiger partial charge in [0.05, 0.1) is 16.1 Å². The molecular formula is C22H26N4O3S. The van der Waals surface area contributed by atoms with Gasteiger partial charge >= 0.3 is 0 Å². The zero-order valence-electron chi connectivity index (χ0n) is 17.4. The van der Waals surface area contributed by atoms with Gasteiger partial charge in [0, 0.05) is 47.8 Å². The molecule has 30 heavy (non-hydrogen) atoms. The van der Waals surface area contributed by atoms with Crippen molar-refractivity contribution < 1.29 is 13.6 Å². The minimum absolute atomic E-state index is 0.405. The molecule has 7 nitrogen and oxygen atoms in total. The number of piperidine rings is 1. The van der Waals surface area contributed by atoms with Crippen molar-refractivity contribution in [3.8, 4) is 11.1 Å². The second kappa shape index (κ2) is 7.16. The van der Waals surface area contributed by atoms with Gasteiger partial charge < -0.3 is 4.52 Å². The number of hydrogen-bond donors (Lipinski definition) is 2. The predicted octanol–water partition coefficient (Wildman–Crippen LogP) is 5.23. The smallest absolute Gasteiger partial charge is 0.141 e. The Morgan fingerprint density at radius 2 is 1.90 bits per heavy atom. The normalized spacial score (nSPS) is 22.6. The molecule has 2 fully saturated rings. The first-order valence-electron chi connectivity index (χ1n) is 10.2. The van der Waals surface area contributed by atoms with Crippen molar-refractivity contribution in [3.05, 3.63) is 41.9 Å². The number of pyridine rings is 1. The summed E-state index contributed by atoms with van der Waals surface area (Å²) in [5.74, 6) is 0.684. The summed E-state index contributed by atoms with van der Waals surface area (Å²) >= 11 is 0. The molecule has 2 aromatic heterocycles. The highest BCUT2D eigenvalue weighted by Crippen LogP contribution is 2.54. The summed E-state index contributed by atoms with van der Waals surface area (Å²) in [6.07, 6.45) is 5.59. The molecule has 5 rings (SSSR count). The second-order valence-electron chi connectivity index (χ2n) is 8.38. The van der Waals surface area contributed by atoms with Gasteiger partial charge in [0.15, 0.2) is 0 Å². The molecule has 0 aliphatic carbocycles. The van der Waals surface area contributed by atoms with Crippen molar-refractivity contribution in [3.63, 3.8) is 0 Å². The number of fused-ring (bicyclic) bond motifs is 3. The summed E-state index contributed by atoms with van der Waals surface area (Å²) in [4.78, 5) is 7.27. The quantitative estimate of drug-likeness (QED) is 0.595. The van der Waals surface area contributed by atoms with E-state index in [1.54, 1.807) is 18.3 Å². The first-order chi connectivity index (χ1) is 14.3. The Bertz CT molecular complexity index is 1120. The van der Waals surface area contributed by atoms with Crippen LogP contribution in [0.1, 0.15) is 37.1 Å². The van der Waals surface area contributed by atoms with Gasteiger partial charge in [-0.25, -0.2) is 0 Å². The van der Waals surface area contributed by atoms with Gasteiger partial charge in [-0.05, 0) is 63.6 Å². The Hall–Kier alpha value is -2.26. The van der Waals surface area contributed by atoms with Crippen LogP contribution in [0.4, 0.5) is 0 Å². The Kier molecular flexibility index (Phi) is 4.70. The lowest BCUT2D eigenvalue weighted by atomic mass is 10.0. The lowest BCUT2D eigenvalue weighted by Gasteiger charge is -2.35. The third-order valence-electron chi connectivity index (χ3n) is 6.48. The number of aromatic nitrogens is 2. The van der Waals surface area contributed by atoms with Crippen LogP contribution < -0.4 is 0 Å². The van der Waals surface area contributed by atoms with Crippen LogP contribution in [0.15, 0.2) is 44.3 Å². The third-order valence-corrected chi connectivity index (χ3v) is 7.92. The maximum Gasteiger partial charge on any atom is 0.141 e. The van der Waals surface area contributed by atoms with Gasteiger partial charge in [-0.1, -0.05) is 15.9 Å². The summed E-state index contributed by atoms with van der Waals surface area (Å²) in [5, 5.41) is 4.75. The molecule has 2 saturated heterocycles. The van der Waals surface area contributed by atoms with E-state index < -0.39 is 10.8 Å². The zero-order chi connectivity index (χ0) is 21.0. The largest absolute Gasteiger partial charge is 0.361 e. The molecule has 0 spiro atoms. The van der Waals surface area contributed by atoms with Crippen molar-refractivity contribution in [1.29, 1.82) is 0 Å². The van der Waals surface area contributed by atoms with E-state index in [-0.39, 0.29) is 0 Å². The molecule has 2 aliphatic rings. The summed E-state index contributed by atoms with van der Waals surface area (Å²) in [6.45, 7) is 3.73. The van der Waals surface area contributed by atoms with Gasteiger partial charge in [0.2, 0.25) is 0 Å². The summed E-state index contributed by atoms with van der Waals surface area (Å²) in [7, 11) is -1.23. The van der Waals surface area contributed by atoms with Crippen LogP contribution in [0, 0.1) is 13.8 Å². The Morgan fingerprint density at radius 1 is 1.17 bits per heavy atom. The number of hydrogen-bond acceptors (Lipinski definition) is 7. The van der Waals surface area contributed by atoms with Crippen LogP contribution >= 0.6 is 10.8 Å². The SMILES string of the molecule is Cc1noc(C)c1-c1cc(S(O)(O)N=C2CC3CCC(C2)N3C)c2cccnc2c1. The molecule has 0 amide bonds. The fourth-order valence-corrected chi connectivity index (χ4v) is 6.29. The van der Waals surface area contributed by atoms with Crippen LogP contribution in [-0.4, -0.2) is 49.0 Å². The lowest BCUT2D eigenvalue weighted by molar-refractivity contribution is 0.231. The van der Waals surface area contributed by atoms with E-state index in [1.807, 2.05) is 26.0 Å². The topological polar surface area (TPSA) is 95.0 Å². The first kappa shape index (κ1) is 19.7. The summed E-state index contributed by atoms with van der Waals surface area (Å²) in [6, 6.07) is 8.31. The highest BCUT2D eigenvalue weighted by Gasteiger charge is 2.37. The fraction of sp³-hybridized carbons (Fsp3) is 0.409.